The van der Waals surface area contributed by atoms with E-state index in [1.807, 2.05) is 30.6 Å². The standard InChI is InChI=1S/C17H21N3O2/c21-16-14-5-2-1-4-13(14)6-7-15(16)17(22)19-8-3-10-20-11-9-18-12-20/h2,5-7,9,11,18,21H,1,3-4,8,10,12H2,(H,19,22). The molecule has 5 nitrogen and oxygen atoms in total. The average molecular weight is 299 g/mol. The number of phenolic OH excluding ortho intramolecular Hbond substituents is 1. The number of amides is 1. The second kappa shape index (κ2) is 6.56. The molecule has 0 unspecified atom stereocenters. The predicted octanol–water partition coefficient (Wildman–Crippen LogP) is 1.81. The average Bonchev–Trinajstić information content (AvgIpc) is 3.05. The lowest BCUT2D eigenvalue weighted by molar-refractivity contribution is 0.0949. The van der Waals surface area contributed by atoms with E-state index in [9.17, 15) is 9.90 Å². The summed E-state index contributed by atoms with van der Waals surface area (Å²) in [6.07, 6.45) is 10.6. The molecule has 1 heterocycles. The van der Waals surface area contributed by atoms with Gasteiger partial charge in [0.15, 0.2) is 0 Å². The quantitative estimate of drug-likeness (QED) is 0.726. The van der Waals surface area contributed by atoms with Gasteiger partial charge in [0.25, 0.3) is 5.91 Å². The first-order chi connectivity index (χ1) is 10.8. The molecule has 0 atom stereocenters. The van der Waals surface area contributed by atoms with E-state index >= 15 is 0 Å². The predicted molar refractivity (Wildman–Crippen MR) is 86.3 cm³/mol. The van der Waals surface area contributed by atoms with E-state index < -0.39 is 0 Å². The molecule has 0 bridgehead atoms. The third-order valence-electron chi connectivity index (χ3n) is 4.02. The number of fused-ring (bicyclic) bond motifs is 1. The van der Waals surface area contributed by atoms with Gasteiger partial charge in [-0.1, -0.05) is 18.2 Å². The fourth-order valence-corrected chi connectivity index (χ4v) is 2.79. The summed E-state index contributed by atoms with van der Waals surface area (Å²) in [4.78, 5) is 14.4. The molecular formula is C17H21N3O2. The fraction of sp³-hybridized carbons (Fsp3) is 0.353. The second-order valence-electron chi connectivity index (χ2n) is 5.58. The van der Waals surface area contributed by atoms with Crippen LogP contribution in [-0.2, 0) is 6.42 Å². The lowest BCUT2D eigenvalue weighted by Crippen LogP contribution is -2.28. The molecule has 0 saturated carbocycles. The van der Waals surface area contributed by atoms with E-state index in [0.29, 0.717) is 12.1 Å². The van der Waals surface area contributed by atoms with Gasteiger partial charge in [0.2, 0.25) is 0 Å². The lowest BCUT2D eigenvalue weighted by atomic mass is 9.94. The monoisotopic (exact) mass is 299 g/mol. The smallest absolute Gasteiger partial charge is 0.255 e. The zero-order chi connectivity index (χ0) is 15.4. The molecule has 0 fully saturated rings. The van der Waals surface area contributed by atoms with Crippen molar-refractivity contribution in [1.82, 2.24) is 15.5 Å². The van der Waals surface area contributed by atoms with Gasteiger partial charge >= 0.3 is 0 Å². The first-order valence-electron chi connectivity index (χ1n) is 7.69. The molecule has 2 aliphatic rings. The highest BCUT2D eigenvalue weighted by atomic mass is 16.3. The van der Waals surface area contributed by atoms with Crippen LogP contribution in [0.2, 0.25) is 0 Å². The topological polar surface area (TPSA) is 64.6 Å². The van der Waals surface area contributed by atoms with Gasteiger partial charge in [0.05, 0.1) is 12.2 Å². The molecule has 0 saturated heterocycles. The third kappa shape index (κ3) is 3.08. The number of hydrogen-bond donors (Lipinski definition) is 3. The summed E-state index contributed by atoms with van der Waals surface area (Å²) in [5.41, 5.74) is 2.24. The Kier molecular flexibility index (Phi) is 4.32. The molecule has 1 aromatic rings. The summed E-state index contributed by atoms with van der Waals surface area (Å²) >= 11 is 0. The number of aromatic hydroxyl groups is 1. The van der Waals surface area contributed by atoms with Crippen molar-refractivity contribution in [2.24, 2.45) is 0 Å². The first-order valence-corrected chi connectivity index (χ1v) is 7.69. The fourth-order valence-electron chi connectivity index (χ4n) is 2.79. The van der Waals surface area contributed by atoms with Crippen LogP contribution < -0.4 is 10.6 Å². The zero-order valence-electron chi connectivity index (χ0n) is 12.5. The number of carbonyl (C=O) groups is 1. The largest absolute Gasteiger partial charge is 0.506 e. The van der Waals surface area contributed by atoms with Gasteiger partial charge in [0.1, 0.15) is 5.75 Å². The summed E-state index contributed by atoms with van der Waals surface area (Å²) in [5.74, 6) is -0.119. The van der Waals surface area contributed by atoms with Crippen LogP contribution in [0.4, 0.5) is 0 Å². The van der Waals surface area contributed by atoms with Crippen molar-refractivity contribution >= 4 is 12.0 Å². The van der Waals surface area contributed by atoms with Crippen LogP contribution in [0, 0.1) is 0 Å². The van der Waals surface area contributed by atoms with E-state index in [2.05, 4.69) is 15.5 Å². The molecule has 3 N–H and O–H groups in total. The van der Waals surface area contributed by atoms with Gasteiger partial charge < -0.3 is 20.6 Å². The molecule has 0 spiro atoms. The Labute approximate surface area is 130 Å². The number of carbonyl (C=O) groups excluding carboxylic acids is 1. The van der Waals surface area contributed by atoms with Crippen molar-refractivity contribution in [2.45, 2.75) is 19.3 Å². The number of rotatable bonds is 5. The molecule has 1 amide bonds. The van der Waals surface area contributed by atoms with Crippen molar-refractivity contribution in [1.29, 1.82) is 0 Å². The maximum absolute atomic E-state index is 12.2. The lowest BCUT2D eigenvalue weighted by Gasteiger charge is -2.16. The Bertz CT molecular complexity index is 623. The van der Waals surface area contributed by atoms with Crippen LogP contribution in [0.5, 0.6) is 5.75 Å². The summed E-state index contributed by atoms with van der Waals surface area (Å²) in [6.45, 7) is 2.31. The SMILES string of the molecule is O=C(NCCCN1C=CNC1)c1ccc2c(c1O)C=CCC2. The van der Waals surface area contributed by atoms with Gasteiger partial charge in [0, 0.05) is 31.1 Å². The number of allylic oxidation sites excluding steroid dienone is 1. The molecule has 22 heavy (non-hydrogen) atoms. The van der Waals surface area contributed by atoms with Crippen LogP contribution in [0.25, 0.3) is 6.08 Å². The number of hydrogen-bond acceptors (Lipinski definition) is 4. The Balaban J connectivity index is 1.56. The molecule has 116 valence electrons. The van der Waals surface area contributed by atoms with Gasteiger partial charge in [-0.05, 0) is 30.9 Å². The van der Waals surface area contributed by atoms with Crippen molar-refractivity contribution in [3.63, 3.8) is 0 Å². The number of nitrogens with one attached hydrogen (secondary N) is 2. The van der Waals surface area contributed by atoms with E-state index in [-0.39, 0.29) is 11.7 Å². The summed E-state index contributed by atoms with van der Waals surface area (Å²) in [6, 6.07) is 3.66. The van der Waals surface area contributed by atoms with Gasteiger partial charge in [-0.15, -0.1) is 0 Å². The van der Waals surface area contributed by atoms with Crippen molar-refractivity contribution < 1.29 is 9.90 Å². The highest BCUT2D eigenvalue weighted by molar-refractivity contribution is 5.98. The maximum atomic E-state index is 12.2. The third-order valence-corrected chi connectivity index (χ3v) is 4.02. The molecule has 1 aromatic carbocycles. The minimum absolute atomic E-state index is 0.0950. The van der Waals surface area contributed by atoms with Crippen molar-refractivity contribution in [3.8, 4) is 5.75 Å². The van der Waals surface area contributed by atoms with Crippen LogP contribution in [0.1, 0.15) is 34.3 Å². The van der Waals surface area contributed by atoms with E-state index in [4.69, 9.17) is 0 Å². The Morgan fingerprint density at radius 1 is 1.41 bits per heavy atom. The number of benzene rings is 1. The van der Waals surface area contributed by atoms with Crippen LogP contribution in [0.3, 0.4) is 0 Å². The van der Waals surface area contributed by atoms with Crippen molar-refractivity contribution in [3.05, 3.63) is 47.3 Å². The molecular weight excluding hydrogens is 278 g/mol. The van der Waals surface area contributed by atoms with E-state index in [0.717, 1.165) is 43.6 Å². The molecule has 0 aromatic heterocycles. The van der Waals surface area contributed by atoms with Gasteiger partial charge in [-0.3, -0.25) is 4.79 Å². The Morgan fingerprint density at radius 2 is 2.32 bits per heavy atom. The van der Waals surface area contributed by atoms with Gasteiger partial charge in [-0.25, -0.2) is 0 Å². The summed E-state index contributed by atoms with van der Waals surface area (Å²) in [5, 5.41) is 16.3. The number of nitrogens with zero attached hydrogens (tertiary/aromatic N) is 1. The second-order valence-corrected chi connectivity index (χ2v) is 5.58. The van der Waals surface area contributed by atoms with Gasteiger partial charge in [-0.2, -0.15) is 0 Å². The first kappa shape index (κ1) is 14.5. The summed E-state index contributed by atoms with van der Waals surface area (Å²) < 4.78 is 0. The molecule has 0 radical (unpaired) electrons. The van der Waals surface area contributed by atoms with Crippen LogP contribution in [-0.4, -0.2) is 35.7 Å². The van der Waals surface area contributed by atoms with Crippen LogP contribution in [0.15, 0.2) is 30.6 Å². The summed E-state index contributed by atoms with van der Waals surface area (Å²) in [7, 11) is 0. The normalized spacial score (nSPS) is 15.5. The Morgan fingerprint density at radius 3 is 3.14 bits per heavy atom. The van der Waals surface area contributed by atoms with E-state index in [1.54, 1.807) is 6.07 Å². The van der Waals surface area contributed by atoms with Crippen molar-refractivity contribution in [2.75, 3.05) is 19.8 Å². The zero-order valence-corrected chi connectivity index (χ0v) is 12.5. The highest BCUT2D eigenvalue weighted by Gasteiger charge is 2.17. The number of phenols is 1. The van der Waals surface area contributed by atoms with Crippen LogP contribution >= 0.6 is 0 Å². The minimum Gasteiger partial charge on any atom is -0.506 e. The maximum Gasteiger partial charge on any atom is 0.255 e. The minimum atomic E-state index is -0.214. The molecule has 3 rings (SSSR count). The van der Waals surface area contributed by atoms with E-state index in [1.165, 1.54) is 0 Å². The molecule has 1 aliphatic carbocycles. The number of aryl methyl sites for hydroxylation is 1. The molecule has 1 aliphatic heterocycles. The highest BCUT2D eigenvalue weighted by Crippen LogP contribution is 2.30. The Hall–Kier alpha value is -2.43. The molecule has 5 heteroatoms.